The van der Waals surface area contributed by atoms with Gasteiger partial charge in [0.15, 0.2) is 0 Å². The average Bonchev–Trinajstić information content (AvgIpc) is 2.57. The molecule has 25 heavy (non-hydrogen) atoms. The lowest BCUT2D eigenvalue weighted by Crippen LogP contribution is -2.17. The molecule has 0 radical (unpaired) electrons. The first-order valence-electron chi connectivity index (χ1n) is 7.16. The Morgan fingerprint density at radius 2 is 1.96 bits per heavy atom. The van der Waals surface area contributed by atoms with Crippen molar-refractivity contribution in [2.75, 3.05) is 0 Å². The highest BCUT2D eigenvalue weighted by Gasteiger charge is 2.21. The zero-order valence-electron chi connectivity index (χ0n) is 12.9. The fourth-order valence-electron chi connectivity index (χ4n) is 2.26. The van der Waals surface area contributed by atoms with Crippen LogP contribution in [0, 0.1) is 18.6 Å². The molecule has 0 unspecified atom stereocenters. The molecule has 0 aliphatic carbocycles. The quantitative estimate of drug-likeness (QED) is 0.528. The standard InChI is InChI=1S/C17H11ClF2N2O3/c1-9-2-5-13-21-10(6-14(23)22(13)7-9)8-25-17(24)15-11(19)3-4-12(20)16(15)18/h2-7H,8H2,1H3. The number of hydrogen-bond donors (Lipinski definition) is 0. The minimum absolute atomic E-state index is 0.176. The molecule has 2 aromatic heterocycles. The van der Waals surface area contributed by atoms with Gasteiger partial charge in [-0.2, -0.15) is 0 Å². The van der Waals surface area contributed by atoms with E-state index < -0.39 is 28.2 Å². The van der Waals surface area contributed by atoms with Crippen LogP contribution in [-0.4, -0.2) is 15.4 Å². The third-order valence-electron chi connectivity index (χ3n) is 3.46. The van der Waals surface area contributed by atoms with Crippen molar-refractivity contribution in [2.45, 2.75) is 13.5 Å². The van der Waals surface area contributed by atoms with Crippen LogP contribution in [0.4, 0.5) is 8.78 Å². The fourth-order valence-corrected chi connectivity index (χ4v) is 2.49. The maximum absolute atomic E-state index is 13.7. The van der Waals surface area contributed by atoms with Gasteiger partial charge in [-0.25, -0.2) is 18.6 Å². The molecule has 0 saturated carbocycles. The van der Waals surface area contributed by atoms with Crippen molar-refractivity contribution in [3.8, 4) is 0 Å². The SMILES string of the molecule is Cc1ccc2nc(COC(=O)c3c(F)ccc(F)c3Cl)cc(=O)n2c1. The van der Waals surface area contributed by atoms with Gasteiger partial charge in [0.05, 0.1) is 10.7 Å². The summed E-state index contributed by atoms with van der Waals surface area (Å²) in [6.07, 6.45) is 1.63. The van der Waals surface area contributed by atoms with Crippen LogP contribution in [0.1, 0.15) is 21.6 Å². The van der Waals surface area contributed by atoms with Crippen molar-refractivity contribution in [3.05, 3.63) is 80.4 Å². The van der Waals surface area contributed by atoms with Crippen molar-refractivity contribution in [3.63, 3.8) is 0 Å². The molecule has 0 amide bonds. The third kappa shape index (κ3) is 3.36. The number of nitrogens with zero attached hydrogens (tertiary/aromatic N) is 2. The van der Waals surface area contributed by atoms with E-state index in [0.717, 1.165) is 17.7 Å². The number of rotatable bonds is 3. The Balaban J connectivity index is 1.86. The number of benzene rings is 1. The van der Waals surface area contributed by atoms with E-state index in [-0.39, 0.29) is 17.9 Å². The zero-order valence-corrected chi connectivity index (χ0v) is 13.7. The van der Waals surface area contributed by atoms with Crippen LogP contribution in [0.3, 0.4) is 0 Å². The molecule has 0 N–H and O–H groups in total. The van der Waals surface area contributed by atoms with Crippen molar-refractivity contribution >= 4 is 23.2 Å². The minimum Gasteiger partial charge on any atom is -0.455 e. The lowest BCUT2D eigenvalue weighted by molar-refractivity contribution is 0.0462. The summed E-state index contributed by atoms with van der Waals surface area (Å²) in [7, 11) is 0. The van der Waals surface area contributed by atoms with Gasteiger partial charge in [0, 0.05) is 12.3 Å². The Labute approximate surface area is 145 Å². The fraction of sp³-hybridized carbons (Fsp3) is 0.118. The maximum Gasteiger partial charge on any atom is 0.343 e. The molecule has 0 fully saturated rings. The average molecular weight is 365 g/mol. The number of hydrogen-bond acceptors (Lipinski definition) is 4. The molecule has 8 heteroatoms. The molecule has 5 nitrogen and oxygen atoms in total. The summed E-state index contributed by atoms with van der Waals surface area (Å²) < 4.78 is 33.3. The molecule has 0 atom stereocenters. The van der Waals surface area contributed by atoms with E-state index in [1.807, 2.05) is 6.92 Å². The number of fused-ring (bicyclic) bond motifs is 1. The number of halogens is 3. The molecule has 0 aliphatic rings. The Bertz CT molecular complexity index is 1050. The van der Waals surface area contributed by atoms with Crippen molar-refractivity contribution in [2.24, 2.45) is 0 Å². The Kier molecular flexibility index (Phi) is 4.50. The molecule has 1 aromatic carbocycles. The lowest BCUT2D eigenvalue weighted by atomic mass is 10.2. The van der Waals surface area contributed by atoms with Crippen molar-refractivity contribution in [1.82, 2.24) is 9.38 Å². The Morgan fingerprint density at radius 3 is 2.72 bits per heavy atom. The van der Waals surface area contributed by atoms with Gasteiger partial charge in [-0.3, -0.25) is 9.20 Å². The number of carbonyl (C=O) groups is 1. The molecule has 0 bridgehead atoms. The molecule has 0 spiro atoms. The smallest absolute Gasteiger partial charge is 0.343 e. The van der Waals surface area contributed by atoms with Crippen LogP contribution in [0.5, 0.6) is 0 Å². The zero-order chi connectivity index (χ0) is 18.1. The lowest BCUT2D eigenvalue weighted by Gasteiger charge is -2.08. The van der Waals surface area contributed by atoms with E-state index in [2.05, 4.69) is 4.98 Å². The van der Waals surface area contributed by atoms with Gasteiger partial charge in [0.2, 0.25) is 0 Å². The molecule has 0 aliphatic heterocycles. The van der Waals surface area contributed by atoms with Gasteiger partial charge in [-0.05, 0) is 30.7 Å². The summed E-state index contributed by atoms with van der Waals surface area (Å²) in [5, 5.41) is -0.660. The number of esters is 1. The van der Waals surface area contributed by atoms with Crippen LogP contribution in [0.15, 0.2) is 41.3 Å². The van der Waals surface area contributed by atoms with Crippen LogP contribution >= 0.6 is 11.6 Å². The second-order valence-electron chi connectivity index (χ2n) is 5.31. The van der Waals surface area contributed by atoms with E-state index in [0.29, 0.717) is 5.65 Å². The first kappa shape index (κ1) is 17.0. The van der Waals surface area contributed by atoms with Gasteiger partial charge < -0.3 is 4.74 Å². The van der Waals surface area contributed by atoms with Crippen LogP contribution in [-0.2, 0) is 11.3 Å². The van der Waals surface area contributed by atoms with Crippen LogP contribution < -0.4 is 5.56 Å². The number of pyridine rings is 1. The Hall–Kier alpha value is -2.80. The molecule has 3 aromatic rings. The molecular formula is C17H11ClF2N2O3. The molecule has 0 saturated heterocycles. The van der Waals surface area contributed by atoms with Crippen LogP contribution in [0.25, 0.3) is 5.65 Å². The number of aryl methyl sites for hydroxylation is 1. The first-order valence-corrected chi connectivity index (χ1v) is 7.54. The monoisotopic (exact) mass is 364 g/mol. The number of carbonyl (C=O) groups excluding carboxylic acids is 1. The predicted octanol–water partition coefficient (Wildman–Crippen LogP) is 3.29. The summed E-state index contributed by atoms with van der Waals surface area (Å²) >= 11 is 5.61. The second-order valence-corrected chi connectivity index (χ2v) is 5.69. The summed E-state index contributed by atoms with van der Waals surface area (Å²) in [4.78, 5) is 28.2. The summed E-state index contributed by atoms with van der Waals surface area (Å²) in [6.45, 7) is 1.45. The highest BCUT2D eigenvalue weighted by atomic mass is 35.5. The second kappa shape index (κ2) is 6.60. The topological polar surface area (TPSA) is 60.7 Å². The third-order valence-corrected chi connectivity index (χ3v) is 3.83. The summed E-state index contributed by atoms with van der Waals surface area (Å²) in [6, 6.07) is 6.21. The van der Waals surface area contributed by atoms with E-state index in [1.165, 1.54) is 10.5 Å². The van der Waals surface area contributed by atoms with Gasteiger partial charge >= 0.3 is 5.97 Å². The van der Waals surface area contributed by atoms with Gasteiger partial charge in [-0.1, -0.05) is 17.7 Å². The highest BCUT2D eigenvalue weighted by molar-refractivity contribution is 6.33. The van der Waals surface area contributed by atoms with Gasteiger partial charge in [0.1, 0.15) is 29.5 Å². The van der Waals surface area contributed by atoms with Gasteiger partial charge in [0.25, 0.3) is 5.56 Å². The summed E-state index contributed by atoms with van der Waals surface area (Å²) in [5.41, 5.74) is 0.380. The van der Waals surface area contributed by atoms with E-state index in [4.69, 9.17) is 16.3 Å². The Morgan fingerprint density at radius 1 is 1.24 bits per heavy atom. The normalized spacial score (nSPS) is 10.9. The maximum atomic E-state index is 13.7. The van der Waals surface area contributed by atoms with Gasteiger partial charge in [-0.15, -0.1) is 0 Å². The van der Waals surface area contributed by atoms with Crippen LogP contribution in [0.2, 0.25) is 5.02 Å². The first-order chi connectivity index (χ1) is 11.9. The molecular weight excluding hydrogens is 354 g/mol. The molecule has 3 rings (SSSR count). The van der Waals surface area contributed by atoms with E-state index in [1.54, 1.807) is 18.3 Å². The van der Waals surface area contributed by atoms with Crippen molar-refractivity contribution < 1.29 is 18.3 Å². The number of aromatic nitrogens is 2. The van der Waals surface area contributed by atoms with E-state index in [9.17, 15) is 18.4 Å². The number of ether oxygens (including phenoxy) is 1. The molecule has 2 heterocycles. The predicted molar refractivity (Wildman–Crippen MR) is 86.7 cm³/mol. The molecule has 128 valence electrons. The highest BCUT2D eigenvalue weighted by Crippen LogP contribution is 2.23. The largest absolute Gasteiger partial charge is 0.455 e. The minimum atomic E-state index is -1.15. The van der Waals surface area contributed by atoms with E-state index >= 15 is 0 Å². The summed E-state index contributed by atoms with van der Waals surface area (Å²) in [5.74, 6) is -3.08. The van der Waals surface area contributed by atoms with Crippen molar-refractivity contribution in [1.29, 1.82) is 0 Å².